The molecule has 0 amide bonds. The molecule has 26 heavy (non-hydrogen) atoms. The molecule has 2 aromatic carbocycles. The van der Waals surface area contributed by atoms with Gasteiger partial charge in [-0.25, -0.2) is 4.68 Å². The van der Waals surface area contributed by atoms with Gasteiger partial charge in [0.15, 0.2) is 11.5 Å². The zero-order valence-corrected chi connectivity index (χ0v) is 16.3. The van der Waals surface area contributed by atoms with Crippen LogP contribution in [0.2, 0.25) is 10.0 Å². The second-order valence-electron chi connectivity index (χ2n) is 5.24. The lowest BCUT2D eigenvalue weighted by atomic mass is 10.2. The van der Waals surface area contributed by atoms with Crippen molar-refractivity contribution in [3.63, 3.8) is 0 Å². The van der Waals surface area contributed by atoms with E-state index in [2.05, 4.69) is 10.1 Å². The number of methoxy groups -OCH3 is 1. The molecule has 0 aliphatic carbocycles. The SMILES string of the molecule is CN=c1scc(-c2ccc(Cl)cc2Cl)n1N=Cc1ccc(OC)c(O)c1. The van der Waals surface area contributed by atoms with Crippen LogP contribution >= 0.6 is 34.5 Å². The fourth-order valence-corrected chi connectivity index (χ4v) is 3.66. The molecular weight excluding hydrogens is 393 g/mol. The standard InChI is InChI=1S/C18H15Cl2N3O2S/c1-21-18-23(22-9-11-3-6-17(25-2)16(24)7-11)15(10-26-18)13-5-4-12(19)8-14(13)20/h3-10,24H,1-2H3. The van der Waals surface area contributed by atoms with Gasteiger partial charge in [-0.2, -0.15) is 5.10 Å². The van der Waals surface area contributed by atoms with E-state index in [1.54, 1.807) is 48.3 Å². The highest BCUT2D eigenvalue weighted by molar-refractivity contribution is 7.07. The summed E-state index contributed by atoms with van der Waals surface area (Å²) in [5, 5.41) is 17.4. The highest BCUT2D eigenvalue weighted by atomic mass is 35.5. The molecule has 1 heterocycles. The molecule has 0 aliphatic heterocycles. The number of halogens is 2. The Morgan fingerprint density at radius 1 is 1.19 bits per heavy atom. The number of hydrogen-bond acceptors (Lipinski definition) is 5. The van der Waals surface area contributed by atoms with Gasteiger partial charge in [-0.15, -0.1) is 11.3 Å². The van der Waals surface area contributed by atoms with Crippen molar-refractivity contribution in [2.45, 2.75) is 0 Å². The van der Waals surface area contributed by atoms with Crippen molar-refractivity contribution in [3.8, 4) is 22.8 Å². The average Bonchev–Trinajstić information content (AvgIpc) is 3.02. The number of nitrogens with zero attached hydrogens (tertiary/aromatic N) is 3. The summed E-state index contributed by atoms with van der Waals surface area (Å²) in [7, 11) is 3.20. The lowest BCUT2D eigenvalue weighted by Gasteiger charge is -2.06. The molecule has 0 fully saturated rings. The normalized spacial score (nSPS) is 12.1. The number of phenolic OH excluding ortho intramolecular Hbond substituents is 1. The van der Waals surface area contributed by atoms with Gasteiger partial charge in [-0.1, -0.05) is 23.2 Å². The maximum atomic E-state index is 9.90. The molecule has 1 N–H and O–H groups in total. The van der Waals surface area contributed by atoms with Crippen LogP contribution in [0.5, 0.6) is 11.5 Å². The summed E-state index contributed by atoms with van der Waals surface area (Å²) in [5.41, 5.74) is 2.32. The summed E-state index contributed by atoms with van der Waals surface area (Å²) >= 11 is 13.8. The smallest absolute Gasteiger partial charge is 0.205 e. The summed E-state index contributed by atoms with van der Waals surface area (Å²) in [6, 6.07) is 10.4. The van der Waals surface area contributed by atoms with Crippen molar-refractivity contribution in [1.29, 1.82) is 0 Å². The Morgan fingerprint density at radius 3 is 2.65 bits per heavy atom. The van der Waals surface area contributed by atoms with Crippen molar-refractivity contribution in [2.75, 3.05) is 14.2 Å². The van der Waals surface area contributed by atoms with Gasteiger partial charge in [0, 0.05) is 23.0 Å². The van der Waals surface area contributed by atoms with E-state index in [4.69, 9.17) is 27.9 Å². The third kappa shape index (κ3) is 3.77. The molecule has 0 unspecified atom stereocenters. The molecule has 0 bridgehead atoms. The molecule has 0 atom stereocenters. The Morgan fingerprint density at radius 2 is 2.00 bits per heavy atom. The number of thiazole rings is 1. The molecule has 0 saturated carbocycles. The fraction of sp³-hybridized carbons (Fsp3) is 0.111. The topological polar surface area (TPSA) is 59.1 Å². The predicted octanol–water partition coefficient (Wildman–Crippen LogP) is 4.65. The summed E-state index contributed by atoms with van der Waals surface area (Å²) in [6.07, 6.45) is 1.63. The van der Waals surface area contributed by atoms with Crippen LogP contribution in [-0.2, 0) is 0 Å². The molecule has 0 aliphatic rings. The van der Waals surface area contributed by atoms with E-state index in [9.17, 15) is 5.11 Å². The highest BCUT2D eigenvalue weighted by Gasteiger charge is 2.11. The fourth-order valence-electron chi connectivity index (χ4n) is 2.36. The first-order valence-corrected chi connectivity index (χ1v) is 9.17. The van der Waals surface area contributed by atoms with E-state index in [1.807, 2.05) is 11.4 Å². The Balaban J connectivity index is 2.05. The van der Waals surface area contributed by atoms with Gasteiger partial charge in [0.05, 0.1) is 24.0 Å². The average molecular weight is 408 g/mol. The van der Waals surface area contributed by atoms with Crippen LogP contribution in [0.15, 0.2) is 51.9 Å². The van der Waals surface area contributed by atoms with E-state index in [-0.39, 0.29) is 5.75 Å². The number of ether oxygens (including phenoxy) is 1. The third-order valence-electron chi connectivity index (χ3n) is 3.61. The number of phenols is 1. The summed E-state index contributed by atoms with van der Waals surface area (Å²) in [6.45, 7) is 0. The molecule has 0 spiro atoms. The van der Waals surface area contributed by atoms with Crippen molar-refractivity contribution < 1.29 is 9.84 Å². The molecule has 3 rings (SSSR count). The lowest BCUT2D eigenvalue weighted by Crippen LogP contribution is -2.11. The lowest BCUT2D eigenvalue weighted by molar-refractivity contribution is 0.373. The number of benzene rings is 2. The minimum atomic E-state index is 0.0492. The minimum Gasteiger partial charge on any atom is -0.504 e. The van der Waals surface area contributed by atoms with E-state index in [0.717, 1.165) is 16.8 Å². The first-order valence-electron chi connectivity index (χ1n) is 7.53. The van der Waals surface area contributed by atoms with Gasteiger partial charge in [0.2, 0.25) is 4.80 Å². The van der Waals surface area contributed by atoms with Gasteiger partial charge >= 0.3 is 0 Å². The zero-order chi connectivity index (χ0) is 18.7. The van der Waals surface area contributed by atoms with Crippen molar-refractivity contribution >= 4 is 40.8 Å². The van der Waals surface area contributed by atoms with Gasteiger partial charge in [0.1, 0.15) is 0 Å². The Bertz CT molecular complexity index is 1040. The van der Waals surface area contributed by atoms with E-state index >= 15 is 0 Å². The van der Waals surface area contributed by atoms with Gasteiger partial charge in [-0.3, -0.25) is 4.99 Å². The zero-order valence-electron chi connectivity index (χ0n) is 14.0. The number of aromatic nitrogens is 1. The number of aromatic hydroxyl groups is 1. The van der Waals surface area contributed by atoms with E-state index < -0.39 is 0 Å². The number of rotatable bonds is 4. The van der Waals surface area contributed by atoms with Gasteiger partial charge in [0.25, 0.3) is 0 Å². The molecule has 0 radical (unpaired) electrons. The molecule has 3 aromatic rings. The maximum Gasteiger partial charge on any atom is 0.205 e. The van der Waals surface area contributed by atoms with Crippen LogP contribution in [0.3, 0.4) is 0 Å². The van der Waals surface area contributed by atoms with Crippen molar-refractivity contribution in [3.05, 3.63) is 62.2 Å². The molecule has 0 saturated heterocycles. The molecule has 1 aromatic heterocycles. The Labute approximate surface area is 164 Å². The second kappa shape index (κ2) is 7.95. The Kier molecular flexibility index (Phi) is 5.66. The molecular formula is C18H15Cl2N3O2S. The van der Waals surface area contributed by atoms with Crippen molar-refractivity contribution in [1.82, 2.24) is 4.68 Å². The third-order valence-corrected chi connectivity index (χ3v) is 5.06. The quantitative estimate of drug-likeness (QED) is 0.639. The summed E-state index contributed by atoms with van der Waals surface area (Å²) < 4.78 is 6.74. The predicted molar refractivity (Wildman–Crippen MR) is 107 cm³/mol. The van der Waals surface area contributed by atoms with Crippen LogP contribution in [0.25, 0.3) is 11.3 Å². The molecule has 8 heteroatoms. The largest absolute Gasteiger partial charge is 0.504 e. The monoisotopic (exact) mass is 407 g/mol. The first kappa shape index (κ1) is 18.5. The summed E-state index contributed by atoms with van der Waals surface area (Å²) in [5.74, 6) is 0.455. The summed E-state index contributed by atoms with van der Waals surface area (Å²) in [4.78, 5) is 4.96. The second-order valence-corrected chi connectivity index (χ2v) is 6.92. The van der Waals surface area contributed by atoms with Crippen molar-refractivity contribution in [2.24, 2.45) is 10.1 Å². The minimum absolute atomic E-state index is 0.0492. The molecule has 134 valence electrons. The van der Waals surface area contributed by atoms with Crippen LogP contribution in [0, 0.1) is 0 Å². The van der Waals surface area contributed by atoms with Crippen LogP contribution < -0.4 is 9.54 Å². The van der Waals surface area contributed by atoms with E-state index in [0.29, 0.717) is 20.6 Å². The van der Waals surface area contributed by atoms with Gasteiger partial charge < -0.3 is 9.84 Å². The van der Waals surface area contributed by atoms with Crippen LogP contribution in [0.1, 0.15) is 5.56 Å². The Hall–Kier alpha value is -2.28. The number of hydrogen-bond donors (Lipinski definition) is 1. The first-order chi connectivity index (χ1) is 12.5. The molecule has 5 nitrogen and oxygen atoms in total. The highest BCUT2D eigenvalue weighted by Crippen LogP contribution is 2.31. The van der Waals surface area contributed by atoms with E-state index in [1.165, 1.54) is 18.4 Å². The van der Waals surface area contributed by atoms with Gasteiger partial charge in [-0.05, 0) is 42.0 Å². The maximum absolute atomic E-state index is 9.90. The van der Waals surface area contributed by atoms with Crippen LogP contribution in [-0.4, -0.2) is 30.2 Å². The van der Waals surface area contributed by atoms with Crippen LogP contribution in [0.4, 0.5) is 0 Å².